The molecule has 0 saturated carbocycles. The molecule has 3 aromatic carbocycles. The minimum atomic E-state index is -1.33. The predicted molar refractivity (Wildman–Crippen MR) is 114 cm³/mol. The van der Waals surface area contributed by atoms with Crippen LogP contribution in [0.4, 0.5) is 19.3 Å². The Kier molecular flexibility index (Phi) is 6.32. The standard InChI is InChI=1S/C24H21F2NO6/c1-31-18-9-10-19(20(28)12-18)22-23(21(29)13-32-17-7-5-14(25)6-8-17)33-24(30)27(22)16-4-2-3-15(26)11-16/h2-12,21-23,28-29H,13H2,1H3/t21-,22-,23-/m1/s1. The van der Waals surface area contributed by atoms with Crippen LogP contribution < -0.4 is 14.4 Å². The van der Waals surface area contributed by atoms with E-state index in [2.05, 4.69) is 0 Å². The summed E-state index contributed by atoms with van der Waals surface area (Å²) in [5.74, 6) is -0.508. The smallest absolute Gasteiger partial charge is 0.415 e. The minimum Gasteiger partial charge on any atom is -0.507 e. The summed E-state index contributed by atoms with van der Waals surface area (Å²) in [6, 6.07) is 14.0. The van der Waals surface area contributed by atoms with Gasteiger partial charge in [0.25, 0.3) is 0 Å². The molecule has 3 aromatic rings. The molecule has 172 valence electrons. The van der Waals surface area contributed by atoms with Crippen LogP contribution in [0.15, 0.2) is 66.7 Å². The number of nitrogens with zero attached hydrogens (tertiary/aromatic N) is 1. The van der Waals surface area contributed by atoms with Crippen molar-refractivity contribution in [1.82, 2.24) is 0 Å². The van der Waals surface area contributed by atoms with Crippen molar-refractivity contribution in [2.45, 2.75) is 18.2 Å². The third-order valence-corrected chi connectivity index (χ3v) is 5.28. The maximum absolute atomic E-state index is 13.9. The lowest BCUT2D eigenvalue weighted by molar-refractivity contribution is -0.00669. The Morgan fingerprint density at radius 1 is 1.03 bits per heavy atom. The summed E-state index contributed by atoms with van der Waals surface area (Å²) in [6.45, 7) is -0.284. The van der Waals surface area contributed by atoms with Gasteiger partial charge in [0.05, 0.1) is 12.8 Å². The lowest BCUT2D eigenvalue weighted by Crippen LogP contribution is -2.38. The summed E-state index contributed by atoms with van der Waals surface area (Å²) in [7, 11) is 1.44. The van der Waals surface area contributed by atoms with Crippen molar-refractivity contribution in [3.05, 3.63) is 83.9 Å². The van der Waals surface area contributed by atoms with Gasteiger partial charge in [-0.25, -0.2) is 13.6 Å². The number of carbonyl (C=O) groups is 1. The number of aliphatic hydroxyl groups is 1. The molecular formula is C24H21F2NO6. The van der Waals surface area contributed by atoms with Crippen molar-refractivity contribution in [2.75, 3.05) is 18.6 Å². The van der Waals surface area contributed by atoms with Crippen LogP contribution in [-0.4, -0.2) is 42.2 Å². The van der Waals surface area contributed by atoms with Crippen LogP contribution in [0.5, 0.6) is 17.2 Å². The van der Waals surface area contributed by atoms with Gasteiger partial charge in [-0.1, -0.05) is 6.07 Å². The Morgan fingerprint density at radius 3 is 2.42 bits per heavy atom. The number of hydrogen-bond donors (Lipinski definition) is 2. The maximum atomic E-state index is 13.9. The lowest BCUT2D eigenvalue weighted by atomic mass is 9.95. The summed E-state index contributed by atoms with van der Waals surface area (Å²) in [4.78, 5) is 14.0. The highest BCUT2D eigenvalue weighted by atomic mass is 19.1. The number of carbonyl (C=O) groups excluding carboxylic acids is 1. The molecule has 0 aromatic heterocycles. The first-order valence-corrected chi connectivity index (χ1v) is 10.1. The second-order valence-electron chi connectivity index (χ2n) is 7.40. The van der Waals surface area contributed by atoms with E-state index in [9.17, 15) is 23.8 Å². The number of benzene rings is 3. The van der Waals surface area contributed by atoms with Crippen LogP contribution in [0.3, 0.4) is 0 Å². The summed E-state index contributed by atoms with van der Waals surface area (Å²) in [6.07, 6.45) is -3.32. The van der Waals surface area contributed by atoms with Crippen LogP contribution in [-0.2, 0) is 4.74 Å². The molecule has 1 heterocycles. The second kappa shape index (κ2) is 9.33. The number of methoxy groups -OCH3 is 1. The van der Waals surface area contributed by atoms with E-state index in [4.69, 9.17) is 14.2 Å². The van der Waals surface area contributed by atoms with Gasteiger partial charge in [0, 0.05) is 11.6 Å². The number of amides is 1. The number of hydrogen-bond acceptors (Lipinski definition) is 6. The molecule has 0 aliphatic carbocycles. The SMILES string of the molecule is COc1ccc([C@@H]2[C@@H]([C@H](O)COc3ccc(F)cc3)OC(=O)N2c2cccc(F)c2)c(O)c1. The molecule has 1 saturated heterocycles. The molecule has 33 heavy (non-hydrogen) atoms. The van der Waals surface area contributed by atoms with Crippen LogP contribution in [0.25, 0.3) is 0 Å². The van der Waals surface area contributed by atoms with Gasteiger partial charge in [-0.3, -0.25) is 4.90 Å². The van der Waals surface area contributed by atoms with Crippen molar-refractivity contribution in [3.8, 4) is 17.2 Å². The Balaban J connectivity index is 1.67. The van der Waals surface area contributed by atoms with E-state index < -0.39 is 36.0 Å². The van der Waals surface area contributed by atoms with Crippen LogP contribution in [0.1, 0.15) is 11.6 Å². The minimum absolute atomic E-state index is 0.189. The van der Waals surface area contributed by atoms with Crippen molar-refractivity contribution < 1.29 is 38.0 Å². The average Bonchev–Trinajstić information content (AvgIpc) is 3.15. The van der Waals surface area contributed by atoms with E-state index in [0.29, 0.717) is 11.5 Å². The van der Waals surface area contributed by atoms with Gasteiger partial charge in [0.15, 0.2) is 6.10 Å². The van der Waals surface area contributed by atoms with Gasteiger partial charge in [-0.05, 0) is 54.6 Å². The molecule has 1 fully saturated rings. The normalized spacial score (nSPS) is 18.7. The molecule has 3 atom stereocenters. The van der Waals surface area contributed by atoms with E-state index in [1.54, 1.807) is 6.07 Å². The molecule has 1 aliphatic heterocycles. The molecule has 0 unspecified atom stereocenters. The van der Waals surface area contributed by atoms with E-state index >= 15 is 0 Å². The number of anilines is 1. The van der Waals surface area contributed by atoms with Crippen LogP contribution in [0, 0.1) is 11.6 Å². The molecule has 4 rings (SSSR count). The Morgan fingerprint density at radius 2 is 1.76 bits per heavy atom. The van der Waals surface area contributed by atoms with Gasteiger partial charge in [-0.15, -0.1) is 0 Å². The quantitative estimate of drug-likeness (QED) is 0.553. The van der Waals surface area contributed by atoms with Crippen molar-refractivity contribution in [3.63, 3.8) is 0 Å². The van der Waals surface area contributed by atoms with Crippen LogP contribution in [0.2, 0.25) is 0 Å². The number of halogens is 2. The number of aliphatic hydroxyl groups excluding tert-OH is 1. The number of cyclic esters (lactones) is 1. The third-order valence-electron chi connectivity index (χ3n) is 5.28. The van der Waals surface area contributed by atoms with Gasteiger partial charge < -0.3 is 24.4 Å². The van der Waals surface area contributed by atoms with E-state index in [1.807, 2.05) is 0 Å². The fraction of sp³-hybridized carbons (Fsp3) is 0.208. The first-order chi connectivity index (χ1) is 15.9. The first kappa shape index (κ1) is 22.3. The molecule has 7 nitrogen and oxygen atoms in total. The molecule has 0 bridgehead atoms. The summed E-state index contributed by atoms with van der Waals surface area (Å²) in [5.41, 5.74) is 0.450. The molecule has 2 N–H and O–H groups in total. The monoisotopic (exact) mass is 457 g/mol. The number of phenols is 1. The summed E-state index contributed by atoms with van der Waals surface area (Å²) < 4.78 is 43.1. The lowest BCUT2D eigenvalue weighted by Gasteiger charge is -2.28. The average molecular weight is 457 g/mol. The van der Waals surface area contributed by atoms with Crippen molar-refractivity contribution in [1.29, 1.82) is 0 Å². The van der Waals surface area contributed by atoms with Gasteiger partial charge in [0.1, 0.15) is 47.6 Å². The Labute approximate surface area is 188 Å². The van der Waals surface area contributed by atoms with Crippen molar-refractivity contribution in [2.24, 2.45) is 0 Å². The topological polar surface area (TPSA) is 88.5 Å². The molecule has 0 radical (unpaired) electrons. The largest absolute Gasteiger partial charge is 0.507 e. The van der Waals surface area contributed by atoms with Crippen LogP contribution >= 0.6 is 0 Å². The highest BCUT2D eigenvalue weighted by Crippen LogP contribution is 2.43. The van der Waals surface area contributed by atoms with E-state index in [1.165, 1.54) is 61.7 Å². The molecule has 1 aliphatic rings. The molecular weight excluding hydrogens is 436 g/mol. The van der Waals surface area contributed by atoms with Gasteiger partial charge in [-0.2, -0.15) is 0 Å². The number of phenolic OH excluding ortho intramolecular Hbond substituents is 1. The maximum Gasteiger partial charge on any atom is 0.415 e. The molecule has 9 heteroatoms. The van der Waals surface area contributed by atoms with Gasteiger partial charge >= 0.3 is 6.09 Å². The fourth-order valence-electron chi connectivity index (χ4n) is 3.70. The first-order valence-electron chi connectivity index (χ1n) is 10.1. The number of aromatic hydroxyl groups is 1. The zero-order valence-corrected chi connectivity index (χ0v) is 17.5. The second-order valence-corrected chi connectivity index (χ2v) is 7.40. The Hall–Kier alpha value is -3.85. The number of rotatable bonds is 7. The highest BCUT2D eigenvalue weighted by molar-refractivity contribution is 5.91. The van der Waals surface area contributed by atoms with E-state index in [0.717, 1.165) is 11.0 Å². The zero-order valence-electron chi connectivity index (χ0n) is 17.5. The highest BCUT2D eigenvalue weighted by Gasteiger charge is 2.48. The molecule has 1 amide bonds. The third kappa shape index (κ3) is 4.68. The van der Waals surface area contributed by atoms with Gasteiger partial charge in [0.2, 0.25) is 0 Å². The zero-order chi connectivity index (χ0) is 23.5. The summed E-state index contributed by atoms with van der Waals surface area (Å²) in [5, 5.41) is 21.5. The fourth-order valence-corrected chi connectivity index (χ4v) is 3.70. The molecule has 0 spiro atoms. The summed E-state index contributed by atoms with van der Waals surface area (Å²) >= 11 is 0. The Bertz CT molecular complexity index is 1140. The van der Waals surface area contributed by atoms with E-state index in [-0.39, 0.29) is 23.6 Å². The van der Waals surface area contributed by atoms with Crippen molar-refractivity contribution >= 4 is 11.8 Å². The predicted octanol–water partition coefficient (Wildman–Crippen LogP) is 4.19. The number of ether oxygens (including phenoxy) is 3.